The highest BCUT2D eigenvalue weighted by Crippen LogP contribution is 2.24. The van der Waals surface area contributed by atoms with E-state index in [9.17, 15) is 19.5 Å². The van der Waals surface area contributed by atoms with Gasteiger partial charge in [-0.1, -0.05) is 13.8 Å². The van der Waals surface area contributed by atoms with E-state index in [1.807, 2.05) is 21.9 Å². The first kappa shape index (κ1) is 29.5. The van der Waals surface area contributed by atoms with Crippen LogP contribution in [0.15, 0.2) is 34.6 Å². The van der Waals surface area contributed by atoms with Gasteiger partial charge in [0.05, 0.1) is 35.9 Å². The summed E-state index contributed by atoms with van der Waals surface area (Å²) in [5, 5.41) is 12.5. The number of amides is 1. The molecule has 1 amide bonds. The molecule has 0 atom stereocenters. The Kier molecular flexibility index (Phi) is 8.34. The molecule has 7 rings (SSSR count). The predicted octanol–water partition coefficient (Wildman–Crippen LogP) is 1.95. The first-order valence-electron chi connectivity index (χ1n) is 15.2. The van der Waals surface area contributed by atoms with Crippen LogP contribution < -0.4 is 10.5 Å². The summed E-state index contributed by atoms with van der Waals surface area (Å²) in [7, 11) is 0. The molecule has 11 nitrogen and oxygen atoms in total. The zero-order valence-corrected chi connectivity index (χ0v) is 25.8. The summed E-state index contributed by atoms with van der Waals surface area (Å²) in [6.45, 7) is 13.3. The molecule has 4 aliphatic heterocycles. The highest BCUT2D eigenvalue weighted by Gasteiger charge is 2.41. The number of rotatable bonds is 9. The maximum Gasteiger partial charge on any atom is 0.328 e. The number of hydrogen-bond donors (Lipinski definition) is 1. The Morgan fingerprint density at radius 1 is 1.05 bits per heavy atom. The summed E-state index contributed by atoms with van der Waals surface area (Å²) < 4.78 is 2.37. The summed E-state index contributed by atoms with van der Waals surface area (Å²) in [4.78, 5) is 54.3. The van der Waals surface area contributed by atoms with Crippen LogP contribution in [0.5, 0.6) is 0 Å². The van der Waals surface area contributed by atoms with Crippen LogP contribution in [-0.2, 0) is 22.4 Å². The van der Waals surface area contributed by atoms with Gasteiger partial charge < -0.3 is 19.4 Å². The van der Waals surface area contributed by atoms with Crippen molar-refractivity contribution in [2.45, 2.75) is 32.6 Å². The van der Waals surface area contributed by atoms with Gasteiger partial charge in [-0.15, -0.1) is 11.3 Å². The Hall–Kier alpha value is -3.61. The van der Waals surface area contributed by atoms with Crippen LogP contribution in [-0.4, -0.2) is 118 Å². The third-order valence-corrected chi connectivity index (χ3v) is 10.1. The van der Waals surface area contributed by atoms with E-state index in [-0.39, 0.29) is 17.0 Å². The van der Waals surface area contributed by atoms with Crippen molar-refractivity contribution in [3.05, 3.63) is 62.0 Å². The zero-order valence-electron chi connectivity index (χ0n) is 24.9. The number of hydrogen-bond acceptors (Lipinski definition) is 8. The first-order valence-corrected chi connectivity index (χ1v) is 16.1. The van der Waals surface area contributed by atoms with E-state index in [1.165, 1.54) is 10.5 Å². The van der Waals surface area contributed by atoms with Crippen molar-refractivity contribution in [2.75, 3.05) is 76.9 Å². The average Bonchev–Trinajstić information content (AvgIpc) is 3.50. The quantitative estimate of drug-likeness (QED) is 0.291. The number of fused-ring (bicyclic) bond motifs is 4. The number of aliphatic carboxylic acids is 1. The number of carboxylic acids is 1. The van der Waals surface area contributed by atoms with E-state index in [4.69, 9.17) is 9.97 Å². The normalized spacial score (nSPS) is 22.3. The number of thiazole rings is 1. The Bertz CT molecular complexity index is 1580. The highest BCUT2D eigenvalue weighted by molar-refractivity contribution is 7.09. The molecule has 4 fully saturated rings. The minimum atomic E-state index is -1.13. The Balaban J connectivity index is 1.20. The molecule has 0 aliphatic carbocycles. The SMILES string of the molecule is CC(C)c1csc(CCc2ccn3c(=O)c(C=CC(=O)O)c(N4CCN(C(=O)C[N+]56CCN(CC5)CC6)CC4)nc3c2)n1. The number of pyridine rings is 1. The minimum absolute atomic E-state index is 0.193. The smallest absolute Gasteiger partial charge is 0.328 e. The molecule has 3 aromatic heterocycles. The van der Waals surface area contributed by atoms with Crippen LogP contribution in [0.25, 0.3) is 11.7 Å². The fourth-order valence-electron chi connectivity index (χ4n) is 6.36. The van der Waals surface area contributed by atoms with Crippen LogP contribution >= 0.6 is 11.3 Å². The number of carbonyl (C=O) groups excluding carboxylic acids is 1. The van der Waals surface area contributed by atoms with Gasteiger partial charge in [0.1, 0.15) is 11.5 Å². The number of anilines is 1. The number of quaternary nitrogens is 1. The molecular weight excluding hydrogens is 566 g/mol. The van der Waals surface area contributed by atoms with Crippen LogP contribution in [0.1, 0.15) is 41.6 Å². The monoisotopic (exact) mass is 606 g/mol. The third-order valence-electron chi connectivity index (χ3n) is 9.17. The summed E-state index contributed by atoms with van der Waals surface area (Å²) >= 11 is 1.67. The van der Waals surface area contributed by atoms with Gasteiger partial charge in [0.2, 0.25) is 0 Å². The molecule has 1 N–H and O–H groups in total. The standard InChI is InChI=1S/C31H39N7O4S/c1-22(2)25-21-43-27(32-25)5-3-23-7-8-37-26(19-23)33-30(24(31(37)42)4-6-29(40)41)36-11-9-35(10-12-36)28(39)20-38-16-13-34(14-17-38)15-18-38/h4,6-8,19,21-22H,3,5,9-18,20H2,1-2H3/p+1. The lowest BCUT2D eigenvalue weighted by atomic mass is 10.1. The van der Waals surface area contributed by atoms with Crippen molar-refractivity contribution in [2.24, 2.45) is 0 Å². The van der Waals surface area contributed by atoms with E-state index < -0.39 is 5.97 Å². The van der Waals surface area contributed by atoms with E-state index in [0.29, 0.717) is 50.1 Å². The van der Waals surface area contributed by atoms with Crippen molar-refractivity contribution in [3.8, 4) is 0 Å². The molecule has 2 bridgehead atoms. The second-order valence-electron chi connectivity index (χ2n) is 12.3. The van der Waals surface area contributed by atoms with Crippen molar-refractivity contribution in [1.82, 2.24) is 24.2 Å². The minimum Gasteiger partial charge on any atom is -0.478 e. The molecule has 4 aliphatic rings. The van der Waals surface area contributed by atoms with E-state index in [0.717, 1.165) is 78.9 Å². The van der Waals surface area contributed by atoms with Gasteiger partial charge in [0, 0.05) is 69.9 Å². The number of carboxylic acid groups (broad SMARTS) is 1. The molecule has 12 heteroatoms. The molecule has 0 aromatic carbocycles. The van der Waals surface area contributed by atoms with Crippen molar-refractivity contribution in [1.29, 1.82) is 0 Å². The highest BCUT2D eigenvalue weighted by atomic mass is 32.1. The van der Waals surface area contributed by atoms with Gasteiger partial charge >= 0.3 is 5.97 Å². The molecular formula is C31H40N7O4S+. The first-order chi connectivity index (χ1) is 20.7. The molecule has 3 aromatic rings. The summed E-state index contributed by atoms with van der Waals surface area (Å²) in [6.07, 6.45) is 5.61. The van der Waals surface area contributed by atoms with Crippen molar-refractivity contribution < 1.29 is 19.2 Å². The summed E-state index contributed by atoms with van der Waals surface area (Å²) in [5.41, 5.74) is 2.60. The second kappa shape index (κ2) is 12.2. The molecule has 0 spiro atoms. The van der Waals surface area contributed by atoms with Crippen LogP contribution in [0.4, 0.5) is 5.82 Å². The van der Waals surface area contributed by atoms with Gasteiger partial charge in [-0.3, -0.25) is 18.9 Å². The van der Waals surface area contributed by atoms with Gasteiger partial charge in [0.25, 0.3) is 11.5 Å². The predicted molar refractivity (Wildman–Crippen MR) is 167 cm³/mol. The molecule has 43 heavy (non-hydrogen) atoms. The van der Waals surface area contributed by atoms with Crippen LogP contribution in [0.3, 0.4) is 0 Å². The molecule has 0 unspecified atom stereocenters. The maximum atomic E-state index is 13.6. The number of piperazine rings is 4. The number of carbonyl (C=O) groups is 2. The average molecular weight is 607 g/mol. The Morgan fingerprint density at radius 3 is 2.42 bits per heavy atom. The lowest BCUT2D eigenvalue weighted by Crippen LogP contribution is -2.69. The lowest BCUT2D eigenvalue weighted by molar-refractivity contribution is -0.934. The fraction of sp³-hybridized carbons (Fsp3) is 0.516. The van der Waals surface area contributed by atoms with E-state index in [1.54, 1.807) is 17.5 Å². The fourth-order valence-corrected chi connectivity index (χ4v) is 7.32. The van der Waals surface area contributed by atoms with Gasteiger partial charge in [-0.05, 0) is 36.1 Å². The zero-order chi connectivity index (χ0) is 30.1. The van der Waals surface area contributed by atoms with Crippen molar-refractivity contribution >= 4 is 40.8 Å². The number of nitrogens with zero attached hydrogens (tertiary/aromatic N) is 7. The van der Waals surface area contributed by atoms with Crippen LogP contribution in [0, 0.1) is 0 Å². The Morgan fingerprint density at radius 2 is 1.77 bits per heavy atom. The topological polar surface area (TPSA) is 111 Å². The van der Waals surface area contributed by atoms with E-state index in [2.05, 4.69) is 24.1 Å². The molecule has 0 saturated carbocycles. The molecule has 7 heterocycles. The Labute approximate surface area is 255 Å². The van der Waals surface area contributed by atoms with Crippen molar-refractivity contribution in [3.63, 3.8) is 0 Å². The van der Waals surface area contributed by atoms with Gasteiger partial charge in [-0.2, -0.15) is 0 Å². The third kappa shape index (κ3) is 6.36. The lowest BCUT2D eigenvalue weighted by Gasteiger charge is -2.50. The van der Waals surface area contributed by atoms with Crippen LogP contribution in [0.2, 0.25) is 0 Å². The molecule has 4 saturated heterocycles. The van der Waals surface area contributed by atoms with E-state index >= 15 is 0 Å². The maximum absolute atomic E-state index is 13.6. The summed E-state index contributed by atoms with van der Waals surface area (Å²) in [6, 6.07) is 3.84. The van der Waals surface area contributed by atoms with Gasteiger partial charge in [0.15, 0.2) is 6.54 Å². The number of aromatic nitrogens is 3. The second-order valence-corrected chi connectivity index (χ2v) is 13.2. The summed E-state index contributed by atoms with van der Waals surface area (Å²) in [5.74, 6) is -0.0797. The number of aryl methyl sites for hydroxylation is 2. The molecule has 0 radical (unpaired) electrons. The van der Waals surface area contributed by atoms with Gasteiger partial charge in [-0.25, -0.2) is 14.8 Å². The molecule has 228 valence electrons. The largest absolute Gasteiger partial charge is 0.478 e.